The van der Waals surface area contributed by atoms with E-state index in [9.17, 15) is 9.59 Å². The average molecular weight is 321 g/mol. The molecule has 1 aliphatic rings. The number of hydrogen-bond acceptors (Lipinski definition) is 5. The van der Waals surface area contributed by atoms with Crippen molar-refractivity contribution in [3.63, 3.8) is 0 Å². The summed E-state index contributed by atoms with van der Waals surface area (Å²) in [5, 5.41) is 5.74. The van der Waals surface area contributed by atoms with Gasteiger partial charge in [-0.2, -0.15) is 0 Å². The van der Waals surface area contributed by atoms with Gasteiger partial charge in [0.1, 0.15) is 0 Å². The number of nitrogens with one attached hydrogen (secondary N) is 2. The predicted octanol–water partition coefficient (Wildman–Crippen LogP) is 0.254. The molecule has 2 N–H and O–H groups in total. The van der Waals surface area contributed by atoms with Crippen molar-refractivity contribution in [3.8, 4) is 11.5 Å². The number of benzene rings is 1. The molecule has 2 amide bonds. The van der Waals surface area contributed by atoms with Crippen molar-refractivity contribution in [2.24, 2.45) is 0 Å². The SMILES string of the molecule is CNC(=O)COc1ccc(C(=O)N2CCNC[C@@H]2C)cc1OC. The zero-order valence-corrected chi connectivity index (χ0v) is 13.7. The van der Waals surface area contributed by atoms with Crippen molar-refractivity contribution >= 4 is 11.8 Å². The summed E-state index contributed by atoms with van der Waals surface area (Å²) in [5.74, 6) is 0.598. The van der Waals surface area contributed by atoms with Gasteiger partial charge in [-0.1, -0.05) is 0 Å². The molecular weight excluding hydrogens is 298 g/mol. The Bertz CT molecular complexity index is 576. The second-order valence-corrected chi connectivity index (χ2v) is 5.38. The highest BCUT2D eigenvalue weighted by atomic mass is 16.5. The Morgan fingerprint density at radius 1 is 1.39 bits per heavy atom. The van der Waals surface area contributed by atoms with Crippen LogP contribution in [0.4, 0.5) is 0 Å². The van der Waals surface area contributed by atoms with E-state index in [1.807, 2.05) is 11.8 Å². The summed E-state index contributed by atoms with van der Waals surface area (Å²) in [5.41, 5.74) is 0.544. The minimum absolute atomic E-state index is 0.0323. The number of piperazine rings is 1. The van der Waals surface area contributed by atoms with E-state index in [2.05, 4.69) is 10.6 Å². The zero-order chi connectivity index (χ0) is 16.8. The summed E-state index contributed by atoms with van der Waals surface area (Å²) in [6.07, 6.45) is 0. The quantitative estimate of drug-likeness (QED) is 0.813. The predicted molar refractivity (Wildman–Crippen MR) is 85.9 cm³/mol. The molecule has 2 rings (SSSR count). The van der Waals surface area contributed by atoms with Crippen LogP contribution in [0.15, 0.2) is 18.2 Å². The maximum atomic E-state index is 12.6. The maximum Gasteiger partial charge on any atom is 0.257 e. The lowest BCUT2D eigenvalue weighted by atomic mass is 10.1. The van der Waals surface area contributed by atoms with Crippen LogP contribution in [-0.4, -0.2) is 63.2 Å². The smallest absolute Gasteiger partial charge is 0.257 e. The number of amides is 2. The van der Waals surface area contributed by atoms with Gasteiger partial charge in [-0.05, 0) is 25.1 Å². The summed E-state index contributed by atoms with van der Waals surface area (Å²) < 4.78 is 10.7. The molecule has 1 aliphatic heterocycles. The van der Waals surface area contributed by atoms with Gasteiger partial charge in [0.2, 0.25) is 0 Å². The summed E-state index contributed by atoms with van der Waals surface area (Å²) in [4.78, 5) is 25.7. The fourth-order valence-corrected chi connectivity index (χ4v) is 2.44. The van der Waals surface area contributed by atoms with E-state index in [1.54, 1.807) is 25.2 Å². The molecule has 7 nitrogen and oxygen atoms in total. The number of hydrogen-bond donors (Lipinski definition) is 2. The molecule has 0 aromatic heterocycles. The fourth-order valence-electron chi connectivity index (χ4n) is 2.44. The first-order valence-electron chi connectivity index (χ1n) is 7.60. The van der Waals surface area contributed by atoms with Gasteiger partial charge in [-0.3, -0.25) is 9.59 Å². The van der Waals surface area contributed by atoms with E-state index < -0.39 is 0 Å². The van der Waals surface area contributed by atoms with Crippen molar-refractivity contribution in [2.45, 2.75) is 13.0 Å². The molecular formula is C16H23N3O4. The van der Waals surface area contributed by atoms with Crippen molar-refractivity contribution in [1.82, 2.24) is 15.5 Å². The molecule has 1 atom stereocenters. The van der Waals surface area contributed by atoms with Crippen LogP contribution in [0.3, 0.4) is 0 Å². The highest BCUT2D eigenvalue weighted by Crippen LogP contribution is 2.28. The zero-order valence-electron chi connectivity index (χ0n) is 13.7. The first-order chi connectivity index (χ1) is 11.1. The third-order valence-corrected chi connectivity index (χ3v) is 3.81. The number of ether oxygens (including phenoxy) is 2. The number of methoxy groups -OCH3 is 1. The Hall–Kier alpha value is -2.28. The molecule has 1 saturated heterocycles. The van der Waals surface area contributed by atoms with E-state index in [0.717, 1.165) is 13.1 Å². The number of likely N-dealkylation sites (N-methyl/N-ethyl adjacent to an activating group) is 1. The van der Waals surface area contributed by atoms with Gasteiger partial charge in [0, 0.05) is 38.3 Å². The second kappa shape index (κ2) is 7.82. The van der Waals surface area contributed by atoms with E-state index in [0.29, 0.717) is 23.6 Å². The molecule has 126 valence electrons. The van der Waals surface area contributed by atoms with Gasteiger partial charge >= 0.3 is 0 Å². The van der Waals surface area contributed by atoms with Crippen molar-refractivity contribution < 1.29 is 19.1 Å². The van der Waals surface area contributed by atoms with Crippen molar-refractivity contribution in [3.05, 3.63) is 23.8 Å². The lowest BCUT2D eigenvalue weighted by Crippen LogP contribution is -2.52. The number of carbonyl (C=O) groups excluding carboxylic acids is 2. The number of rotatable bonds is 5. The van der Waals surface area contributed by atoms with E-state index >= 15 is 0 Å². The van der Waals surface area contributed by atoms with Crippen LogP contribution in [0, 0.1) is 0 Å². The Balaban J connectivity index is 2.14. The summed E-state index contributed by atoms with van der Waals surface area (Å²) >= 11 is 0. The topological polar surface area (TPSA) is 79.9 Å². The lowest BCUT2D eigenvalue weighted by molar-refractivity contribution is -0.122. The Kier molecular flexibility index (Phi) is 5.81. The molecule has 1 fully saturated rings. The van der Waals surface area contributed by atoms with Crippen molar-refractivity contribution in [2.75, 3.05) is 40.4 Å². The van der Waals surface area contributed by atoms with Gasteiger partial charge in [0.05, 0.1) is 7.11 Å². The van der Waals surface area contributed by atoms with Crippen LogP contribution >= 0.6 is 0 Å². The molecule has 0 unspecified atom stereocenters. The minimum Gasteiger partial charge on any atom is -0.493 e. The molecule has 7 heteroatoms. The highest BCUT2D eigenvalue weighted by molar-refractivity contribution is 5.95. The molecule has 0 saturated carbocycles. The van der Waals surface area contributed by atoms with E-state index in [-0.39, 0.29) is 24.5 Å². The van der Waals surface area contributed by atoms with Gasteiger partial charge in [0.15, 0.2) is 18.1 Å². The lowest BCUT2D eigenvalue weighted by Gasteiger charge is -2.34. The van der Waals surface area contributed by atoms with Gasteiger partial charge < -0.3 is 25.0 Å². The Morgan fingerprint density at radius 2 is 2.17 bits per heavy atom. The molecule has 0 spiro atoms. The molecule has 0 radical (unpaired) electrons. The normalized spacial score (nSPS) is 17.5. The molecule has 1 heterocycles. The highest BCUT2D eigenvalue weighted by Gasteiger charge is 2.24. The van der Waals surface area contributed by atoms with Crippen LogP contribution in [0.5, 0.6) is 11.5 Å². The Labute approximate surface area is 135 Å². The van der Waals surface area contributed by atoms with Gasteiger partial charge in [-0.25, -0.2) is 0 Å². The van der Waals surface area contributed by atoms with Crippen molar-refractivity contribution in [1.29, 1.82) is 0 Å². The molecule has 1 aromatic carbocycles. The summed E-state index contributed by atoms with van der Waals surface area (Å²) in [6, 6.07) is 5.14. The first kappa shape index (κ1) is 17.1. The fraction of sp³-hybridized carbons (Fsp3) is 0.500. The largest absolute Gasteiger partial charge is 0.493 e. The third-order valence-electron chi connectivity index (χ3n) is 3.81. The monoisotopic (exact) mass is 321 g/mol. The summed E-state index contributed by atoms with van der Waals surface area (Å²) in [6.45, 7) is 4.17. The molecule has 0 aliphatic carbocycles. The maximum absolute atomic E-state index is 12.6. The van der Waals surface area contributed by atoms with Gasteiger partial charge in [0.25, 0.3) is 11.8 Å². The number of nitrogens with zero attached hydrogens (tertiary/aromatic N) is 1. The van der Waals surface area contributed by atoms with Crippen LogP contribution in [0.2, 0.25) is 0 Å². The van der Waals surface area contributed by atoms with E-state index in [1.165, 1.54) is 7.11 Å². The van der Waals surface area contributed by atoms with Crippen LogP contribution in [0.1, 0.15) is 17.3 Å². The number of carbonyl (C=O) groups is 2. The van der Waals surface area contributed by atoms with Gasteiger partial charge in [-0.15, -0.1) is 0 Å². The molecule has 0 bridgehead atoms. The summed E-state index contributed by atoms with van der Waals surface area (Å²) in [7, 11) is 3.04. The van der Waals surface area contributed by atoms with E-state index in [4.69, 9.17) is 9.47 Å². The average Bonchev–Trinajstić information content (AvgIpc) is 2.59. The van der Waals surface area contributed by atoms with Crippen LogP contribution < -0.4 is 20.1 Å². The first-order valence-corrected chi connectivity index (χ1v) is 7.60. The third kappa shape index (κ3) is 4.13. The van der Waals surface area contributed by atoms with Crippen LogP contribution in [-0.2, 0) is 4.79 Å². The molecule has 23 heavy (non-hydrogen) atoms. The standard InChI is InChI=1S/C16H23N3O4/c1-11-9-18-6-7-19(11)16(21)12-4-5-13(14(8-12)22-3)23-10-15(20)17-2/h4-5,8,11,18H,6-7,9-10H2,1-3H3,(H,17,20)/t11-/m0/s1. The second-order valence-electron chi connectivity index (χ2n) is 5.38. The molecule has 1 aromatic rings. The Morgan fingerprint density at radius 3 is 2.83 bits per heavy atom. The minimum atomic E-state index is -0.234. The van der Waals surface area contributed by atoms with Crippen LogP contribution in [0.25, 0.3) is 0 Å².